The quantitative estimate of drug-likeness (QED) is 0.325. The number of rotatable bonds is 2. The SMILES string of the molecule is Cc1cccc(C)c1-c1cc2nc(n1)NS(=O)(=O)c1cccc(c1)C1C[C@@H](CN(C(=O)OC(C)(C)C)C[C@@H]1CC(C)(C)C)O2. The lowest BCUT2D eigenvalue weighted by Gasteiger charge is -2.34. The maximum atomic E-state index is 13.7. The summed E-state index contributed by atoms with van der Waals surface area (Å²) < 4.78 is 42.4. The first-order chi connectivity index (χ1) is 20.5. The van der Waals surface area contributed by atoms with Crippen LogP contribution in [0.4, 0.5) is 10.7 Å². The highest BCUT2D eigenvalue weighted by atomic mass is 32.2. The van der Waals surface area contributed by atoms with Gasteiger partial charge < -0.3 is 14.4 Å². The molecule has 1 saturated heterocycles. The van der Waals surface area contributed by atoms with Crippen molar-refractivity contribution >= 4 is 22.1 Å². The topological polar surface area (TPSA) is 111 Å². The van der Waals surface area contributed by atoms with Crippen LogP contribution in [-0.4, -0.2) is 54.2 Å². The fourth-order valence-electron chi connectivity index (χ4n) is 6.38. The minimum absolute atomic E-state index is 0.0242. The Hall–Kier alpha value is -3.66. The van der Waals surface area contributed by atoms with Crippen LogP contribution in [0.15, 0.2) is 53.4 Å². The molecule has 2 aliphatic rings. The third-order valence-corrected chi connectivity index (χ3v) is 9.37. The zero-order chi connectivity index (χ0) is 32.0. The molecule has 3 atom stereocenters. The van der Waals surface area contributed by atoms with E-state index in [1.54, 1.807) is 29.2 Å². The third-order valence-electron chi connectivity index (χ3n) is 8.04. The number of amides is 1. The summed E-state index contributed by atoms with van der Waals surface area (Å²) >= 11 is 0. The molecule has 44 heavy (non-hydrogen) atoms. The first kappa shape index (κ1) is 31.8. The second kappa shape index (κ2) is 11.7. The van der Waals surface area contributed by atoms with Gasteiger partial charge in [-0.2, -0.15) is 4.98 Å². The summed E-state index contributed by atoms with van der Waals surface area (Å²) in [5.74, 6) is 0.101. The maximum Gasteiger partial charge on any atom is 0.410 e. The minimum atomic E-state index is -4.01. The van der Waals surface area contributed by atoms with E-state index in [0.29, 0.717) is 25.2 Å². The number of hydrogen-bond donors (Lipinski definition) is 1. The van der Waals surface area contributed by atoms with Gasteiger partial charge in [0.2, 0.25) is 11.8 Å². The monoisotopic (exact) mass is 620 g/mol. The van der Waals surface area contributed by atoms with Gasteiger partial charge in [0, 0.05) is 18.2 Å². The number of nitrogens with one attached hydrogen (secondary N) is 1. The van der Waals surface area contributed by atoms with Crippen LogP contribution < -0.4 is 9.46 Å². The average Bonchev–Trinajstić information content (AvgIpc) is 3.05. The lowest BCUT2D eigenvalue weighted by Crippen LogP contribution is -2.43. The van der Waals surface area contributed by atoms with Crippen molar-refractivity contribution in [3.63, 3.8) is 0 Å². The molecule has 3 heterocycles. The summed E-state index contributed by atoms with van der Waals surface area (Å²) in [6.07, 6.45) is 0.542. The van der Waals surface area contributed by atoms with Crippen molar-refractivity contribution in [2.75, 3.05) is 17.8 Å². The number of aromatic nitrogens is 2. The standard InChI is InChI=1S/C34H44N4O5S/c1-21-11-9-12-22(2)30(21)28-17-29-36-31(35-28)37-44(40,41)26-14-10-13-23(15-26)27-16-25(42-29)20-38(32(39)43-34(6,7)8)19-24(27)18-33(3,4)5/h9-15,17,24-25,27H,16,18-20H2,1-8H3,(H,35,36,37)/t24-,25-,27?/m0/s1. The first-order valence-corrected chi connectivity index (χ1v) is 16.7. The fraction of sp³-hybridized carbons (Fsp3) is 0.500. The second-order valence-corrected chi connectivity index (χ2v) is 16.0. The summed E-state index contributed by atoms with van der Waals surface area (Å²) in [6.45, 7) is 16.9. The third kappa shape index (κ3) is 7.34. The fourth-order valence-corrected chi connectivity index (χ4v) is 7.38. The van der Waals surface area contributed by atoms with Gasteiger partial charge in [-0.1, -0.05) is 51.1 Å². The molecule has 6 bridgehead atoms. The number of nitrogens with zero attached hydrogens (tertiary/aromatic N) is 3. The van der Waals surface area contributed by atoms with Crippen molar-refractivity contribution in [2.45, 2.75) is 90.7 Å². The summed E-state index contributed by atoms with van der Waals surface area (Å²) in [6, 6.07) is 14.8. The Labute approximate surface area is 261 Å². The van der Waals surface area contributed by atoms with Crippen molar-refractivity contribution in [1.29, 1.82) is 0 Å². The zero-order valence-corrected chi connectivity index (χ0v) is 27.8. The molecule has 1 unspecified atom stereocenters. The number of ether oxygens (including phenoxy) is 2. The van der Waals surface area contributed by atoms with Gasteiger partial charge in [0.25, 0.3) is 10.0 Å². The molecule has 2 aromatic carbocycles. The first-order valence-electron chi connectivity index (χ1n) is 15.2. The van der Waals surface area contributed by atoms with Crippen LogP contribution in [0.1, 0.15) is 77.0 Å². The predicted molar refractivity (Wildman–Crippen MR) is 171 cm³/mol. The highest BCUT2D eigenvalue weighted by molar-refractivity contribution is 7.92. The molecule has 236 valence electrons. The van der Waals surface area contributed by atoms with Crippen molar-refractivity contribution < 1.29 is 22.7 Å². The van der Waals surface area contributed by atoms with E-state index < -0.39 is 27.8 Å². The molecule has 0 aliphatic carbocycles. The van der Waals surface area contributed by atoms with Gasteiger partial charge in [0.05, 0.1) is 17.1 Å². The molecule has 9 nitrogen and oxygen atoms in total. The van der Waals surface area contributed by atoms with Crippen molar-refractivity contribution in [1.82, 2.24) is 14.9 Å². The summed E-state index contributed by atoms with van der Waals surface area (Å²) in [4.78, 5) is 24.6. The number of hydrogen-bond acceptors (Lipinski definition) is 7. The number of carbonyl (C=O) groups is 1. The average molecular weight is 621 g/mol. The number of likely N-dealkylation sites (tertiary alicyclic amines) is 1. The molecule has 1 amide bonds. The Kier molecular flexibility index (Phi) is 8.44. The van der Waals surface area contributed by atoms with E-state index in [-0.39, 0.29) is 34.0 Å². The highest BCUT2D eigenvalue weighted by Gasteiger charge is 2.39. The van der Waals surface area contributed by atoms with Gasteiger partial charge in [-0.05, 0) is 93.5 Å². The van der Waals surface area contributed by atoms with Gasteiger partial charge in [-0.3, -0.25) is 0 Å². The van der Waals surface area contributed by atoms with Gasteiger partial charge in [0.1, 0.15) is 11.7 Å². The predicted octanol–water partition coefficient (Wildman–Crippen LogP) is 7.10. The maximum absolute atomic E-state index is 13.7. The molecular weight excluding hydrogens is 576 g/mol. The van der Waals surface area contributed by atoms with Crippen LogP contribution in [0.25, 0.3) is 11.3 Å². The van der Waals surface area contributed by atoms with E-state index >= 15 is 0 Å². The van der Waals surface area contributed by atoms with Gasteiger partial charge >= 0.3 is 6.09 Å². The Morgan fingerprint density at radius 2 is 1.68 bits per heavy atom. The van der Waals surface area contributed by atoms with Crippen LogP contribution >= 0.6 is 0 Å². The Morgan fingerprint density at radius 3 is 2.34 bits per heavy atom. The van der Waals surface area contributed by atoms with Gasteiger partial charge in [-0.25, -0.2) is 22.9 Å². The van der Waals surface area contributed by atoms with Crippen molar-refractivity contribution in [3.8, 4) is 17.1 Å². The van der Waals surface area contributed by atoms with Crippen LogP contribution in [-0.2, 0) is 14.8 Å². The second-order valence-electron chi connectivity index (χ2n) is 14.4. The number of anilines is 1. The molecule has 1 N–H and O–H groups in total. The van der Waals surface area contributed by atoms with E-state index in [1.165, 1.54) is 0 Å². The molecule has 10 heteroatoms. The lowest BCUT2D eigenvalue weighted by atomic mass is 9.74. The van der Waals surface area contributed by atoms with Crippen molar-refractivity contribution in [3.05, 3.63) is 65.2 Å². The largest absolute Gasteiger partial charge is 0.472 e. The zero-order valence-electron chi connectivity index (χ0n) is 27.0. The normalized spacial score (nSPS) is 21.5. The Bertz CT molecular complexity index is 1640. The molecule has 3 aromatic rings. The van der Waals surface area contributed by atoms with E-state index in [0.717, 1.165) is 28.7 Å². The summed E-state index contributed by atoms with van der Waals surface area (Å²) in [7, 11) is -4.01. The minimum Gasteiger partial charge on any atom is -0.472 e. The van der Waals surface area contributed by atoms with Crippen LogP contribution in [0.2, 0.25) is 0 Å². The Balaban J connectivity index is 1.68. The Morgan fingerprint density at radius 1 is 1.00 bits per heavy atom. The lowest BCUT2D eigenvalue weighted by molar-refractivity contribution is 0.0162. The smallest absolute Gasteiger partial charge is 0.410 e. The molecule has 0 radical (unpaired) electrons. The van der Waals surface area contributed by atoms with Crippen LogP contribution in [0.3, 0.4) is 0 Å². The summed E-state index contributed by atoms with van der Waals surface area (Å²) in [5.41, 5.74) is 3.61. The number of carbonyl (C=O) groups excluding carboxylic acids is 1. The number of sulfonamides is 1. The molecule has 1 aromatic heterocycles. The van der Waals surface area contributed by atoms with Crippen LogP contribution in [0, 0.1) is 25.2 Å². The molecular formula is C34H44N4O5S. The molecule has 1 fully saturated rings. The highest BCUT2D eigenvalue weighted by Crippen LogP contribution is 2.42. The summed E-state index contributed by atoms with van der Waals surface area (Å²) in [5, 5.41) is 0. The van der Waals surface area contributed by atoms with E-state index in [4.69, 9.17) is 9.47 Å². The van der Waals surface area contributed by atoms with E-state index in [9.17, 15) is 13.2 Å². The molecule has 5 rings (SSSR count). The molecule has 0 spiro atoms. The molecule has 2 aliphatic heterocycles. The number of benzene rings is 2. The van der Waals surface area contributed by atoms with E-state index in [2.05, 4.69) is 35.5 Å². The molecule has 0 saturated carbocycles. The van der Waals surface area contributed by atoms with Gasteiger partial charge in [-0.15, -0.1) is 0 Å². The van der Waals surface area contributed by atoms with Crippen molar-refractivity contribution in [2.24, 2.45) is 11.3 Å². The van der Waals surface area contributed by atoms with Crippen LogP contribution in [0.5, 0.6) is 5.88 Å². The number of aryl methyl sites for hydroxylation is 2. The number of fused-ring (bicyclic) bond motifs is 7. The van der Waals surface area contributed by atoms with Gasteiger partial charge in [0.15, 0.2) is 0 Å². The van der Waals surface area contributed by atoms with E-state index in [1.807, 2.05) is 58.9 Å².